The van der Waals surface area contributed by atoms with Gasteiger partial charge in [-0.25, -0.2) is 0 Å². The third-order valence-electron chi connectivity index (χ3n) is 4.34. The smallest absolute Gasteiger partial charge is 0.0594 e. The molecule has 0 aromatic heterocycles. The molecule has 0 aliphatic carbocycles. The summed E-state index contributed by atoms with van der Waals surface area (Å²) in [5.41, 5.74) is 2.79. The van der Waals surface area contributed by atoms with Crippen LogP contribution < -0.4 is 5.32 Å². The molecule has 1 aromatic rings. The Labute approximate surface area is 115 Å². The van der Waals surface area contributed by atoms with Gasteiger partial charge in [-0.15, -0.1) is 0 Å². The Morgan fingerprint density at radius 3 is 2.58 bits per heavy atom. The lowest BCUT2D eigenvalue weighted by Gasteiger charge is -2.38. The maximum absolute atomic E-state index is 5.51. The number of aryl methyl sites for hydroxylation is 1. The van der Waals surface area contributed by atoms with Crippen LogP contribution in [0.5, 0.6) is 0 Å². The molecule has 0 spiro atoms. The zero-order valence-corrected chi connectivity index (χ0v) is 11.8. The molecular formula is C16H24N2O. The predicted octanol–water partition coefficient (Wildman–Crippen LogP) is 2.12. The van der Waals surface area contributed by atoms with E-state index in [9.17, 15) is 0 Å². The summed E-state index contributed by atoms with van der Waals surface area (Å²) in [5.74, 6) is 0. The van der Waals surface area contributed by atoms with E-state index in [0.717, 1.165) is 32.8 Å². The summed E-state index contributed by atoms with van der Waals surface area (Å²) in [6.07, 6.45) is 2.59. The standard InChI is InChI=1S/C16H24N2O/c1-13-4-6-14(7-5-13)16(15-3-2-8-17-15)18-9-11-19-12-10-18/h4-7,15-17H,2-3,8-12H2,1H3. The van der Waals surface area contributed by atoms with Crippen molar-refractivity contribution in [2.75, 3.05) is 32.8 Å². The van der Waals surface area contributed by atoms with E-state index in [1.807, 2.05) is 0 Å². The van der Waals surface area contributed by atoms with Gasteiger partial charge in [0.15, 0.2) is 0 Å². The molecule has 0 bridgehead atoms. The summed E-state index contributed by atoms with van der Waals surface area (Å²) < 4.78 is 5.51. The summed E-state index contributed by atoms with van der Waals surface area (Å²) >= 11 is 0. The van der Waals surface area contributed by atoms with Gasteiger partial charge in [0, 0.05) is 19.1 Å². The van der Waals surface area contributed by atoms with Crippen LogP contribution >= 0.6 is 0 Å². The monoisotopic (exact) mass is 260 g/mol. The fourth-order valence-electron chi connectivity index (χ4n) is 3.30. The molecule has 104 valence electrons. The van der Waals surface area contributed by atoms with Gasteiger partial charge in [0.1, 0.15) is 0 Å². The van der Waals surface area contributed by atoms with Crippen molar-refractivity contribution >= 4 is 0 Å². The zero-order chi connectivity index (χ0) is 13.1. The minimum absolute atomic E-state index is 0.506. The quantitative estimate of drug-likeness (QED) is 0.901. The normalized spacial score (nSPS) is 26.5. The molecule has 19 heavy (non-hydrogen) atoms. The first-order valence-electron chi connectivity index (χ1n) is 7.46. The summed E-state index contributed by atoms with van der Waals surface area (Å²) in [6.45, 7) is 7.16. The number of nitrogens with one attached hydrogen (secondary N) is 1. The third kappa shape index (κ3) is 2.99. The molecule has 2 unspecified atom stereocenters. The van der Waals surface area contributed by atoms with Crippen LogP contribution in [-0.4, -0.2) is 43.8 Å². The van der Waals surface area contributed by atoms with Crippen molar-refractivity contribution in [2.24, 2.45) is 0 Å². The topological polar surface area (TPSA) is 24.5 Å². The maximum Gasteiger partial charge on any atom is 0.0594 e. The van der Waals surface area contributed by atoms with Gasteiger partial charge in [0.25, 0.3) is 0 Å². The van der Waals surface area contributed by atoms with Gasteiger partial charge >= 0.3 is 0 Å². The van der Waals surface area contributed by atoms with Crippen molar-refractivity contribution in [3.63, 3.8) is 0 Å². The number of benzene rings is 1. The van der Waals surface area contributed by atoms with Crippen LogP contribution in [0.15, 0.2) is 24.3 Å². The molecule has 2 aliphatic rings. The Hall–Kier alpha value is -0.900. The lowest BCUT2D eigenvalue weighted by Crippen LogP contribution is -2.46. The molecule has 0 amide bonds. The molecule has 0 radical (unpaired) electrons. The molecule has 2 atom stereocenters. The minimum Gasteiger partial charge on any atom is -0.379 e. The first-order valence-corrected chi connectivity index (χ1v) is 7.46. The summed E-state index contributed by atoms with van der Waals surface area (Å²) in [4.78, 5) is 2.59. The number of nitrogens with zero attached hydrogens (tertiary/aromatic N) is 1. The first-order chi connectivity index (χ1) is 9.34. The average molecular weight is 260 g/mol. The Morgan fingerprint density at radius 1 is 1.21 bits per heavy atom. The lowest BCUT2D eigenvalue weighted by molar-refractivity contribution is 0.00874. The minimum atomic E-state index is 0.506. The number of hydrogen-bond donors (Lipinski definition) is 1. The second-order valence-corrected chi connectivity index (χ2v) is 5.71. The van der Waals surface area contributed by atoms with Crippen molar-refractivity contribution < 1.29 is 4.74 Å². The van der Waals surface area contributed by atoms with Crippen molar-refractivity contribution in [3.8, 4) is 0 Å². The van der Waals surface area contributed by atoms with Gasteiger partial charge in [-0.2, -0.15) is 0 Å². The summed E-state index contributed by atoms with van der Waals surface area (Å²) in [5, 5.41) is 3.68. The summed E-state index contributed by atoms with van der Waals surface area (Å²) in [6, 6.07) is 10.2. The second kappa shape index (κ2) is 6.04. The number of morpholine rings is 1. The molecule has 0 saturated carbocycles. The van der Waals surface area contributed by atoms with Gasteiger partial charge < -0.3 is 10.1 Å². The Balaban J connectivity index is 1.83. The number of hydrogen-bond acceptors (Lipinski definition) is 3. The molecular weight excluding hydrogens is 236 g/mol. The van der Waals surface area contributed by atoms with Crippen LogP contribution in [0.3, 0.4) is 0 Å². The fraction of sp³-hybridized carbons (Fsp3) is 0.625. The van der Waals surface area contributed by atoms with Crippen LogP contribution in [0.1, 0.15) is 30.0 Å². The van der Waals surface area contributed by atoms with Gasteiger partial charge in [-0.1, -0.05) is 29.8 Å². The molecule has 2 aliphatic heterocycles. The lowest BCUT2D eigenvalue weighted by atomic mass is 9.95. The van der Waals surface area contributed by atoms with E-state index in [0.29, 0.717) is 12.1 Å². The molecule has 3 rings (SSSR count). The van der Waals surface area contributed by atoms with Crippen molar-refractivity contribution in [1.29, 1.82) is 0 Å². The zero-order valence-electron chi connectivity index (χ0n) is 11.8. The highest BCUT2D eigenvalue weighted by atomic mass is 16.5. The van der Waals surface area contributed by atoms with E-state index in [-0.39, 0.29) is 0 Å². The molecule has 1 N–H and O–H groups in total. The van der Waals surface area contributed by atoms with E-state index in [4.69, 9.17) is 4.74 Å². The Bertz CT molecular complexity index is 392. The van der Waals surface area contributed by atoms with Crippen molar-refractivity contribution in [1.82, 2.24) is 10.2 Å². The van der Waals surface area contributed by atoms with Crippen molar-refractivity contribution in [2.45, 2.75) is 31.8 Å². The van der Waals surface area contributed by atoms with E-state index >= 15 is 0 Å². The fourth-order valence-corrected chi connectivity index (χ4v) is 3.30. The molecule has 2 heterocycles. The van der Waals surface area contributed by atoms with Crippen LogP contribution in [-0.2, 0) is 4.74 Å². The van der Waals surface area contributed by atoms with E-state index < -0.39 is 0 Å². The van der Waals surface area contributed by atoms with Gasteiger partial charge in [0.05, 0.1) is 19.3 Å². The highest BCUT2D eigenvalue weighted by Crippen LogP contribution is 2.29. The third-order valence-corrected chi connectivity index (χ3v) is 4.34. The number of rotatable bonds is 3. The molecule has 2 fully saturated rings. The molecule has 3 heteroatoms. The van der Waals surface area contributed by atoms with Gasteiger partial charge in [-0.3, -0.25) is 4.90 Å². The second-order valence-electron chi connectivity index (χ2n) is 5.71. The average Bonchev–Trinajstić information content (AvgIpc) is 2.96. The van der Waals surface area contributed by atoms with Crippen LogP contribution in [0.25, 0.3) is 0 Å². The van der Waals surface area contributed by atoms with Gasteiger partial charge in [0.2, 0.25) is 0 Å². The maximum atomic E-state index is 5.51. The van der Waals surface area contributed by atoms with E-state index in [2.05, 4.69) is 41.4 Å². The van der Waals surface area contributed by atoms with E-state index in [1.165, 1.54) is 24.0 Å². The molecule has 2 saturated heterocycles. The summed E-state index contributed by atoms with van der Waals surface area (Å²) in [7, 11) is 0. The Morgan fingerprint density at radius 2 is 1.95 bits per heavy atom. The highest BCUT2D eigenvalue weighted by molar-refractivity contribution is 5.26. The molecule has 3 nitrogen and oxygen atoms in total. The van der Waals surface area contributed by atoms with Gasteiger partial charge in [-0.05, 0) is 31.9 Å². The predicted molar refractivity (Wildman–Crippen MR) is 77.3 cm³/mol. The van der Waals surface area contributed by atoms with Crippen LogP contribution in [0, 0.1) is 6.92 Å². The van der Waals surface area contributed by atoms with Crippen LogP contribution in [0.4, 0.5) is 0 Å². The highest BCUT2D eigenvalue weighted by Gasteiger charge is 2.31. The van der Waals surface area contributed by atoms with Crippen molar-refractivity contribution in [3.05, 3.63) is 35.4 Å². The Kier molecular flexibility index (Phi) is 4.16. The van der Waals surface area contributed by atoms with E-state index in [1.54, 1.807) is 0 Å². The number of ether oxygens (including phenoxy) is 1. The van der Waals surface area contributed by atoms with Crippen LogP contribution in [0.2, 0.25) is 0 Å². The SMILES string of the molecule is Cc1ccc(C(C2CCCN2)N2CCOCC2)cc1. The largest absolute Gasteiger partial charge is 0.379 e. The molecule has 1 aromatic carbocycles. The first kappa shape index (κ1) is 13.1.